The third-order valence-electron chi connectivity index (χ3n) is 4.11. The molecule has 0 N–H and O–H groups in total. The Balaban J connectivity index is 2.10. The Kier molecular flexibility index (Phi) is 6.99. The first-order valence-electron chi connectivity index (χ1n) is 8.82. The number of nitrogens with zero attached hydrogens (tertiary/aromatic N) is 2. The summed E-state index contributed by atoms with van der Waals surface area (Å²) < 4.78 is 14.2. The summed E-state index contributed by atoms with van der Waals surface area (Å²) in [5.74, 6) is 0. The van der Waals surface area contributed by atoms with Crippen LogP contribution in [0.2, 0.25) is 0 Å². The van der Waals surface area contributed by atoms with Crippen molar-refractivity contribution in [3.05, 3.63) is 44.8 Å². The van der Waals surface area contributed by atoms with Crippen LogP contribution in [0.15, 0.2) is 27.9 Å². The van der Waals surface area contributed by atoms with Gasteiger partial charge in [-0.05, 0) is 25.8 Å². The third-order valence-corrected chi connectivity index (χ3v) is 4.11. The average Bonchev–Trinajstić information content (AvgIpc) is 3.04. The molecule has 0 amide bonds. The quantitative estimate of drug-likeness (QED) is 0.513. The van der Waals surface area contributed by atoms with Crippen LogP contribution in [-0.4, -0.2) is 28.5 Å². The molecule has 2 heterocycles. The average molecular weight is 336 g/mol. The SMILES string of the molecule is CCCCOC[C@@H]1C=C[C@H](n2cc(C)c(=O)n(CCCC)c2=O)O1. The van der Waals surface area contributed by atoms with Crippen LogP contribution in [0.3, 0.4) is 0 Å². The van der Waals surface area contributed by atoms with Crippen LogP contribution in [0.25, 0.3) is 0 Å². The van der Waals surface area contributed by atoms with Crippen molar-refractivity contribution >= 4 is 0 Å². The fourth-order valence-electron chi connectivity index (χ4n) is 2.64. The van der Waals surface area contributed by atoms with Crippen LogP contribution in [0.4, 0.5) is 0 Å². The Hall–Kier alpha value is -1.66. The lowest BCUT2D eigenvalue weighted by molar-refractivity contribution is -0.0314. The van der Waals surface area contributed by atoms with Crippen LogP contribution < -0.4 is 11.2 Å². The Labute approximate surface area is 142 Å². The van der Waals surface area contributed by atoms with Gasteiger partial charge in [0.25, 0.3) is 5.56 Å². The Bertz CT molecular complexity index is 675. The molecule has 1 aromatic rings. The van der Waals surface area contributed by atoms with Gasteiger partial charge in [-0.2, -0.15) is 0 Å². The molecule has 0 spiro atoms. The number of hydrogen-bond acceptors (Lipinski definition) is 4. The molecule has 1 aliphatic heterocycles. The normalized spacial score (nSPS) is 20.0. The number of unbranched alkanes of at least 4 members (excludes halogenated alkanes) is 2. The topological polar surface area (TPSA) is 62.5 Å². The second-order valence-electron chi connectivity index (χ2n) is 6.19. The third kappa shape index (κ3) is 4.45. The second-order valence-corrected chi connectivity index (χ2v) is 6.19. The minimum atomic E-state index is -0.482. The van der Waals surface area contributed by atoms with E-state index < -0.39 is 6.23 Å². The first kappa shape index (κ1) is 18.7. The van der Waals surface area contributed by atoms with Gasteiger partial charge in [0, 0.05) is 24.9 Å². The van der Waals surface area contributed by atoms with Crippen molar-refractivity contribution in [2.24, 2.45) is 0 Å². The highest BCUT2D eigenvalue weighted by Gasteiger charge is 2.23. The highest BCUT2D eigenvalue weighted by atomic mass is 16.5. The first-order chi connectivity index (χ1) is 11.6. The van der Waals surface area contributed by atoms with Crippen molar-refractivity contribution in [2.45, 2.75) is 65.3 Å². The lowest BCUT2D eigenvalue weighted by Gasteiger charge is -2.18. The van der Waals surface area contributed by atoms with Gasteiger partial charge in [0.15, 0.2) is 6.23 Å². The predicted octanol–water partition coefficient (Wildman–Crippen LogP) is 2.39. The van der Waals surface area contributed by atoms with E-state index in [0.717, 1.165) is 32.3 Å². The zero-order valence-corrected chi connectivity index (χ0v) is 14.9. The van der Waals surface area contributed by atoms with Crippen LogP contribution in [-0.2, 0) is 16.0 Å². The van der Waals surface area contributed by atoms with Gasteiger partial charge in [-0.3, -0.25) is 13.9 Å². The molecular weight excluding hydrogens is 308 g/mol. The number of ether oxygens (including phenoxy) is 2. The molecule has 0 fully saturated rings. The van der Waals surface area contributed by atoms with E-state index >= 15 is 0 Å². The van der Waals surface area contributed by atoms with Crippen molar-refractivity contribution in [1.82, 2.24) is 9.13 Å². The molecule has 0 saturated heterocycles. The minimum Gasteiger partial charge on any atom is -0.378 e. The van der Waals surface area contributed by atoms with Gasteiger partial charge in [-0.1, -0.05) is 32.8 Å². The highest BCUT2D eigenvalue weighted by Crippen LogP contribution is 2.20. The van der Waals surface area contributed by atoms with E-state index in [1.54, 1.807) is 13.1 Å². The summed E-state index contributed by atoms with van der Waals surface area (Å²) in [5, 5.41) is 0. The summed E-state index contributed by atoms with van der Waals surface area (Å²) in [6.07, 6.45) is 8.56. The van der Waals surface area contributed by atoms with Gasteiger partial charge in [0.05, 0.1) is 6.61 Å². The molecule has 2 atom stereocenters. The maximum absolute atomic E-state index is 12.6. The van der Waals surface area contributed by atoms with E-state index in [4.69, 9.17) is 9.47 Å². The molecular formula is C18H28N2O4. The maximum atomic E-state index is 12.6. The highest BCUT2D eigenvalue weighted by molar-refractivity contribution is 5.07. The molecule has 1 aliphatic rings. The fourth-order valence-corrected chi connectivity index (χ4v) is 2.64. The summed E-state index contributed by atoms with van der Waals surface area (Å²) in [6.45, 7) is 7.52. The summed E-state index contributed by atoms with van der Waals surface area (Å²) in [4.78, 5) is 24.8. The van der Waals surface area contributed by atoms with Gasteiger partial charge < -0.3 is 9.47 Å². The molecule has 0 unspecified atom stereocenters. The molecule has 0 bridgehead atoms. The van der Waals surface area contributed by atoms with Crippen molar-refractivity contribution in [3.8, 4) is 0 Å². The zero-order chi connectivity index (χ0) is 17.5. The molecule has 2 rings (SSSR count). The molecule has 0 saturated carbocycles. The zero-order valence-electron chi connectivity index (χ0n) is 14.9. The Morgan fingerprint density at radius 2 is 1.92 bits per heavy atom. The molecule has 0 radical (unpaired) electrons. The van der Waals surface area contributed by atoms with Crippen LogP contribution in [0, 0.1) is 6.92 Å². The Morgan fingerprint density at radius 3 is 2.62 bits per heavy atom. The van der Waals surface area contributed by atoms with Crippen molar-refractivity contribution in [1.29, 1.82) is 0 Å². The maximum Gasteiger partial charge on any atom is 0.333 e. The van der Waals surface area contributed by atoms with Crippen LogP contribution in [0.1, 0.15) is 51.3 Å². The minimum absolute atomic E-state index is 0.157. The van der Waals surface area contributed by atoms with Gasteiger partial charge in [-0.15, -0.1) is 0 Å². The molecule has 0 aliphatic carbocycles. The Morgan fingerprint density at radius 1 is 1.17 bits per heavy atom. The van der Waals surface area contributed by atoms with E-state index in [0.29, 0.717) is 18.7 Å². The van der Waals surface area contributed by atoms with Crippen molar-refractivity contribution < 1.29 is 9.47 Å². The van der Waals surface area contributed by atoms with E-state index in [1.807, 2.05) is 19.1 Å². The first-order valence-corrected chi connectivity index (χ1v) is 8.82. The van der Waals surface area contributed by atoms with Gasteiger partial charge in [0.2, 0.25) is 0 Å². The molecule has 6 nitrogen and oxygen atoms in total. The van der Waals surface area contributed by atoms with Gasteiger partial charge in [0.1, 0.15) is 6.10 Å². The standard InChI is InChI=1S/C18H28N2O4/c1-4-6-10-19-17(21)14(3)12-20(18(19)22)16-9-8-15(24-16)13-23-11-7-5-2/h8-9,12,15-16H,4-7,10-11,13H2,1-3H3/t15-,16+/m0/s1. The van der Waals surface area contributed by atoms with Crippen LogP contribution in [0.5, 0.6) is 0 Å². The van der Waals surface area contributed by atoms with Gasteiger partial charge >= 0.3 is 5.69 Å². The fraction of sp³-hybridized carbons (Fsp3) is 0.667. The van der Waals surface area contributed by atoms with E-state index in [9.17, 15) is 9.59 Å². The van der Waals surface area contributed by atoms with E-state index in [1.165, 1.54) is 9.13 Å². The van der Waals surface area contributed by atoms with Crippen molar-refractivity contribution in [3.63, 3.8) is 0 Å². The second kappa shape index (κ2) is 8.99. The molecule has 134 valence electrons. The van der Waals surface area contributed by atoms with Crippen molar-refractivity contribution in [2.75, 3.05) is 13.2 Å². The largest absolute Gasteiger partial charge is 0.378 e. The van der Waals surface area contributed by atoms with Crippen LogP contribution >= 0.6 is 0 Å². The number of aromatic nitrogens is 2. The number of hydrogen-bond donors (Lipinski definition) is 0. The van der Waals surface area contributed by atoms with Gasteiger partial charge in [-0.25, -0.2) is 4.79 Å². The molecule has 0 aromatic carbocycles. The summed E-state index contributed by atoms with van der Waals surface area (Å²) in [6, 6.07) is 0. The smallest absolute Gasteiger partial charge is 0.333 e. The monoisotopic (exact) mass is 336 g/mol. The number of aryl methyl sites for hydroxylation is 1. The lowest BCUT2D eigenvalue weighted by Crippen LogP contribution is -2.42. The summed E-state index contributed by atoms with van der Waals surface area (Å²) >= 11 is 0. The summed E-state index contributed by atoms with van der Waals surface area (Å²) in [5.41, 5.74) is 0.0118. The van der Waals surface area contributed by atoms with E-state index in [2.05, 4.69) is 6.92 Å². The summed E-state index contributed by atoms with van der Waals surface area (Å²) in [7, 11) is 0. The lowest BCUT2D eigenvalue weighted by atomic mass is 10.3. The molecule has 24 heavy (non-hydrogen) atoms. The predicted molar refractivity (Wildman–Crippen MR) is 93.4 cm³/mol. The number of rotatable bonds is 9. The molecule has 6 heteroatoms. The van der Waals surface area contributed by atoms with E-state index in [-0.39, 0.29) is 17.4 Å². The molecule has 1 aromatic heterocycles.